The number of halogens is 1. The van der Waals surface area contributed by atoms with Gasteiger partial charge in [-0.3, -0.25) is 9.80 Å². The highest BCUT2D eigenvalue weighted by atomic mass is 19.1. The molecule has 124 valence electrons. The molecule has 2 heterocycles. The first-order valence-electron chi connectivity index (χ1n) is 7.78. The number of nitrogens with zero attached hydrogens (tertiary/aromatic N) is 4. The molecule has 0 spiro atoms. The highest BCUT2D eigenvalue weighted by Crippen LogP contribution is 2.18. The van der Waals surface area contributed by atoms with Crippen molar-refractivity contribution in [1.29, 1.82) is 0 Å². The van der Waals surface area contributed by atoms with E-state index < -0.39 is 6.10 Å². The van der Waals surface area contributed by atoms with Gasteiger partial charge in [-0.25, -0.2) is 4.39 Å². The Bertz CT molecular complexity index is 641. The molecule has 1 aromatic heterocycles. The second-order valence-electron chi connectivity index (χ2n) is 5.84. The summed E-state index contributed by atoms with van der Waals surface area (Å²) < 4.78 is 18.7. The smallest absolute Gasteiger partial charge is 0.223 e. The van der Waals surface area contributed by atoms with Crippen LogP contribution in [-0.4, -0.2) is 57.8 Å². The zero-order valence-electron chi connectivity index (χ0n) is 13.2. The third-order valence-corrected chi connectivity index (χ3v) is 4.09. The van der Waals surface area contributed by atoms with E-state index in [1.807, 2.05) is 0 Å². The van der Waals surface area contributed by atoms with Crippen molar-refractivity contribution >= 4 is 0 Å². The van der Waals surface area contributed by atoms with Crippen LogP contribution >= 0.6 is 0 Å². The molecule has 0 amide bonds. The highest BCUT2D eigenvalue weighted by molar-refractivity contribution is 5.20. The van der Waals surface area contributed by atoms with Crippen molar-refractivity contribution in [2.24, 2.45) is 0 Å². The van der Waals surface area contributed by atoms with Crippen LogP contribution in [0.1, 0.15) is 23.4 Å². The van der Waals surface area contributed by atoms with E-state index in [1.165, 1.54) is 6.07 Å². The van der Waals surface area contributed by atoms with Gasteiger partial charge in [-0.15, -0.1) is 0 Å². The third kappa shape index (κ3) is 4.13. The zero-order valence-corrected chi connectivity index (χ0v) is 13.2. The third-order valence-electron chi connectivity index (χ3n) is 4.09. The predicted molar refractivity (Wildman–Crippen MR) is 82.1 cm³/mol. The van der Waals surface area contributed by atoms with E-state index in [1.54, 1.807) is 25.1 Å². The van der Waals surface area contributed by atoms with Gasteiger partial charge in [-0.05, 0) is 6.07 Å². The normalized spacial score (nSPS) is 18.2. The molecule has 7 heteroatoms. The fourth-order valence-corrected chi connectivity index (χ4v) is 2.82. The number of β-amino-alcohol motifs (C(OH)–C–C–N with tert-alkyl or cyclic N) is 1. The van der Waals surface area contributed by atoms with Gasteiger partial charge < -0.3 is 9.63 Å². The molecule has 0 bridgehead atoms. The van der Waals surface area contributed by atoms with Gasteiger partial charge in [0.1, 0.15) is 5.82 Å². The van der Waals surface area contributed by atoms with Crippen LogP contribution in [0.3, 0.4) is 0 Å². The first kappa shape index (κ1) is 16.0. The molecule has 1 unspecified atom stereocenters. The number of aliphatic hydroxyl groups excluding tert-OH is 1. The van der Waals surface area contributed by atoms with Gasteiger partial charge in [-0.2, -0.15) is 4.98 Å². The quantitative estimate of drug-likeness (QED) is 0.897. The van der Waals surface area contributed by atoms with Crippen molar-refractivity contribution in [2.75, 3.05) is 32.7 Å². The summed E-state index contributed by atoms with van der Waals surface area (Å²) in [6.07, 6.45) is -0.803. The Labute approximate surface area is 134 Å². The molecule has 6 nitrogen and oxygen atoms in total. The van der Waals surface area contributed by atoms with Crippen LogP contribution in [0.25, 0.3) is 0 Å². The molecule has 1 atom stereocenters. The Morgan fingerprint density at radius 2 is 1.91 bits per heavy atom. The topological polar surface area (TPSA) is 65.6 Å². The number of hydrogen-bond acceptors (Lipinski definition) is 6. The first-order chi connectivity index (χ1) is 11.1. The maximum atomic E-state index is 13.7. The van der Waals surface area contributed by atoms with Gasteiger partial charge in [0.15, 0.2) is 5.82 Å². The standard InChI is InChI=1S/C16H21FN4O2/c1-12-18-16(19-23-12)11-21-8-6-20(7-9-21)10-15(22)13-4-2-3-5-14(13)17/h2-5,15,22H,6-11H2,1H3. The van der Waals surface area contributed by atoms with Crippen molar-refractivity contribution in [2.45, 2.75) is 19.6 Å². The number of rotatable bonds is 5. The molecule has 1 aromatic carbocycles. The largest absolute Gasteiger partial charge is 0.387 e. The minimum Gasteiger partial charge on any atom is -0.387 e. The van der Waals surface area contributed by atoms with E-state index in [4.69, 9.17) is 4.52 Å². The van der Waals surface area contributed by atoms with E-state index in [-0.39, 0.29) is 5.82 Å². The lowest BCUT2D eigenvalue weighted by atomic mass is 10.1. The SMILES string of the molecule is Cc1nc(CN2CCN(CC(O)c3ccccc3F)CC2)no1. The van der Waals surface area contributed by atoms with Crippen LogP contribution in [0.2, 0.25) is 0 Å². The van der Waals surface area contributed by atoms with E-state index in [2.05, 4.69) is 19.9 Å². The molecule has 23 heavy (non-hydrogen) atoms. The average Bonchev–Trinajstić information content (AvgIpc) is 2.95. The summed E-state index contributed by atoms with van der Waals surface area (Å²) in [5.41, 5.74) is 0.359. The maximum absolute atomic E-state index is 13.7. The molecule has 1 aliphatic heterocycles. The number of aliphatic hydroxyl groups is 1. The van der Waals surface area contributed by atoms with Crippen LogP contribution in [0.15, 0.2) is 28.8 Å². The second kappa shape index (κ2) is 7.16. The Morgan fingerprint density at radius 1 is 1.22 bits per heavy atom. The lowest BCUT2D eigenvalue weighted by Gasteiger charge is -2.35. The Morgan fingerprint density at radius 3 is 2.57 bits per heavy atom. The summed E-state index contributed by atoms with van der Waals surface area (Å²) in [5.74, 6) is 0.917. The minimum absolute atomic E-state index is 0.355. The lowest BCUT2D eigenvalue weighted by molar-refractivity contribution is 0.0674. The van der Waals surface area contributed by atoms with Crippen molar-refractivity contribution in [3.8, 4) is 0 Å². The van der Waals surface area contributed by atoms with Gasteiger partial charge in [-0.1, -0.05) is 23.4 Å². The maximum Gasteiger partial charge on any atom is 0.223 e. The molecule has 3 rings (SSSR count). The van der Waals surface area contributed by atoms with E-state index >= 15 is 0 Å². The van der Waals surface area contributed by atoms with Crippen LogP contribution in [0.5, 0.6) is 0 Å². The lowest BCUT2D eigenvalue weighted by Crippen LogP contribution is -2.47. The van der Waals surface area contributed by atoms with Gasteiger partial charge in [0.25, 0.3) is 0 Å². The van der Waals surface area contributed by atoms with Crippen LogP contribution in [0.4, 0.5) is 4.39 Å². The van der Waals surface area contributed by atoms with E-state index in [0.29, 0.717) is 30.4 Å². The fraction of sp³-hybridized carbons (Fsp3) is 0.500. The van der Waals surface area contributed by atoms with Crippen molar-refractivity contribution < 1.29 is 14.0 Å². The van der Waals surface area contributed by atoms with Gasteiger partial charge in [0.05, 0.1) is 12.6 Å². The second-order valence-corrected chi connectivity index (χ2v) is 5.84. The Hall–Kier alpha value is -1.83. The van der Waals surface area contributed by atoms with Gasteiger partial charge in [0, 0.05) is 45.2 Å². The summed E-state index contributed by atoms with van der Waals surface area (Å²) in [4.78, 5) is 8.60. The summed E-state index contributed by atoms with van der Waals surface area (Å²) in [6.45, 7) is 6.25. The molecule has 0 aliphatic carbocycles. The van der Waals surface area contributed by atoms with E-state index in [0.717, 1.165) is 26.2 Å². The van der Waals surface area contributed by atoms with Crippen molar-refractivity contribution in [3.05, 3.63) is 47.4 Å². The molecule has 2 aromatic rings. The highest BCUT2D eigenvalue weighted by Gasteiger charge is 2.22. The van der Waals surface area contributed by atoms with Gasteiger partial charge in [0.2, 0.25) is 5.89 Å². The summed E-state index contributed by atoms with van der Waals surface area (Å²) in [7, 11) is 0. The number of benzene rings is 1. The van der Waals surface area contributed by atoms with Crippen LogP contribution in [-0.2, 0) is 6.54 Å². The Balaban J connectivity index is 1.48. The molecule has 1 fully saturated rings. The summed E-state index contributed by atoms with van der Waals surface area (Å²) in [6, 6.07) is 6.38. The molecule has 0 saturated carbocycles. The van der Waals surface area contributed by atoms with Crippen LogP contribution in [0, 0.1) is 12.7 Å². The predicted octanol–water partition coefficient (Wildman–Crippen LogP) is 1.37. The van der Waals surface area contributed by atoms with Gasteiger partial charge >= 0.3 is 0 Å². The molecule has 1 N–H and O–H groups in total. The molecular formula is C16H21FN4O2. The molecule has 1 aliphatic rings. The summed E-state index contributed by atoms with van der Waals surface area (Å²) in [5, 5.41) is 14.1. The summed E-state index contributed by atoms with van der Waals surface area (Å²) >= 11 is 0. The van der Waals surface area contributed by atoms with E-state index in [9.17, 15) is 9.50 Å². The minimum atomic E-state index is -0.803. The van der Waals surface area contributed by atoms with Crippen LogP contribution < -0.4 is 0 Å². The molecular weight excluding hydrogens is 299 g/mol. The van der Waals surface area contributed by atoms with Crippen molar-refractivity contribution in [1.82, 2.24) is 19.9 Å². The molecule has 1 saturated heterocycles. The fourth-order valence-electron chi connectivity index (χ4n) is 2.82. The monoisotopic (exact) mass is 320 g/mol. The first-order valence-corrected chi connectivity index (χ1v) is 7.78. The number of piperazine rings is 1. The Kier molecular flexibility index (Phi) is 5.00. The number of aryl methyl sites for hydroxylation is 1. The zero-order chi connectivity index (χ0) is 16.2. The number of hydrogen-bond donors (Lipinski definition) is 1. The average molecular weight is 320 g/mol. The van der Waals surface area contributed by atoms with Crippen molar-refractivity contribution in [3.63, 3.8) is 0 Å². The molecule has 0 radical (unpaired) electrons. The number of aromatic nitrogens is 2.